The Bertz CT molecular complexity index is 346. The maximum Gasteiger partial charge on any atom is 0.251 e. The van der Waals surface area contributed by atoms with Gasteiger partial charge in [0.05, 0.1) is 0 Å². The first-order chi connectivity index (χ1) is 8.13. The zero-order valence-corrected chi connectivity index (χ0v) is 10.5. The van der Waals surface area contributed by atoms with Crippen LogP contribution < -0.4 is 16.4 Å². The third kappa shape index (κ3) is 4.87. The van der Waals surface area contributed by atoms with Gasteiger partial charge < -0.3 is 16.4 Å². The van der Waals surface area contributed by atoms with Crippen LogP contribution in [0, 0.1) is 0 Å². The fourth-order valence-corrected chi connectivity index (χ4v) is 1.42. The van der Waals surface area contributed by atoms with E-state index in [2.05, 4.69) is 10.6 Å². The Morgan fingerprint density at radius 3 is 2.47 bits per heavy atom. The van der Waals surface area contributed by atoms with Crippen LogP contribution in [0.25, 0.3) is 0 Å². The number of nitrogens with two attached hydrogens (primary N) is 1. The molecule has 0 bridgehead atoms. The lowest BCUT2D eigenvalue weighted by Gasteiger charge is -2.09. The van der Waals surface area contributed by atoms with E-state index in [1.807, 2.05) is 38.1 Å². The molecule has 0 atom stereocenters. The van der Waals surface area contributed by atoms with Crippen molar-refractivity contribution in [3.8, 4) is 0 Å². The second-order valence-electron chi connectivity index (χ2n) is 4.27. The summed E-state index contributed by atoms with van der Waals surface area (Å²) >= 11 is 0. The number of rotatable bonds is 6. The van der Waals surface area contributed by atoms with E-state index in [4.69, 9.17) is 5.73 Å². The molecule has 0 saturated heterocycles. The molecule has 0 heterocycles. The van der Waals surface area contributed by atoms with Gasteiger partial charge in [-0.1, -0.05) is 0 Å². The fraction of sp³-hybridized carbons (Fsp3) is 0.462. The van der Waals surface area contributed by atoms with Gasteiger partial charge in [0.25, 0.3) is 5.91 Å². The average Bonchev–Trinajstić information content (AvgIpc) is 2.29. The standard InChI is InChI=1S/C13H21N3O/c1-10(2)16-13(17)11-4-6-12(7-5-11)15-9-3-8-14/h4-7,10,15H,3,8-9,14H2,1-2H3,(H,16,17). The van der Waals surface area contributed by atoms with Crippen LogP contribution in [0.4, 0.5) is 5.69 Å². The summed E-state index contributed by atoms with van der Waals surface area (Å²) in [6.45, 7) is 5.43. The van der Waals surface area contributed by atoms with Gasteiger partial charge in [0.15, 0.2) is 0 Å². The van der Waals surface area contributed by atoms with Crippen molar-refractivity contribution in [1.29, 1.82) is 0 Å². The Labute approximate surface area is 103 Å². The van der Waals surface area contributed by atoms with Crippen LogP contribution >= 0.6 is 0 Å². The van der Waals surface area contributed by atoms with Crippen LogP contribution in [0.3, 0.4) is 0 Å². The van der Waals surface area contributed by atoms with Gasteiger partial charge in [-0.15, -0.1) is 0 Å². The number of hydrogen-bond donors (Lipinski definition) is 3. The van der Waals surface area contributed by atoms with Crippen LogP contribution in [0.2, 0.25) is 0 Å². The highest BCUT2D eigenvalue weighted by Gasteiger charge is 2.05. The van der Waals surface area contributed by atoms with E-state index in [0.717, 1.165) is 18.7 Å². The Hall–Kier alpha value is -1.55. The first-order valence-corrected chi connectivity index (χ1v) is 5.98. The molecule has 1 amide bonds. The van der Waals surface area contributed by atoms with E-state index >= 15 is 0 Å². The fourth-order valence-electron chi connectivity index (χ4n) is 1.42. The predicted molar refractivity (Wildman–Crippen MR) is 71.2 cm³/mol. The van der Waals surface area contributed by atoms with Gasteiger partial charge in [0, 0.05) is 23.8 Å². The summed E-state index contributed by atoms with van der Waals surface area (Å²) in [5, 5.41) is 6.10. The highest BCUT2D eigenvalue weighted by molar-refractivity contribution is 5.94. The van der Waals surface area contributed by atoms with Gasteiger partial charge in [-0.3, -0.25) is 4.79 Å². The number of carbonyl (C=O) groups excluding carboxylic acids is 1. The van der Waals surface area contributed by atoms with Crippen LogP contribution in [0.1, 0.15) is 30.6 Å². The first-order valence-electron chi connectivity index (χ1n) is 5.98. The van der Waals surface area contributed by atoms with Gasteiger partial charge in [-0.05, 0) is 51.1 Å². The molecule has 0 fully saturated rings. The molecule has 0 spiro atoms. The monoisotopic (exact) mass is 235 g/mol. The average molecular weight is 235 g/mol. The largest absolute Gasteiger partial charge is 0.385 e. The molecule has 0 aromatic heterocycles. The molecule has 0 aliphatic rings. The number of anilines is 1. The molecule has 4 N–H and O–H groups in total. The summed E-state index contributed by atoms with van der Waals surface area (Å²) in [6, 6.07) is 7.62. The maximum atomic E-state index is 11.7. The Morgan fingerprint density at radius 1 is 1.29 bits per heavy atom. The smallest absolute Gasteiger partial charge is 0.251 e. The number of amides is 1. The maximum absolute atomic E-state index is 11.7. The summed E-state index contributed by atoms with van der Waals surface area (Å²) in [6.07, 6.45) is 0.940. The zero-order chi connectivity index (χ0) is 12.7. The van der Waals surface area contributed by atoms with E-state index in [-0.39, 0.29) is 11.9 Å². The minimum Gasteiger partial charge on any atom is -0.385 e. The van der Waals surface area contributed by atoms with E-state index in [1.54, 1.807) is 0 Å². The molecule has 4 heteroatoms. The summed E-state index contributed by atoms with van der Waals surface area (Å²) in [5.41, 5.74) is 7.11. The highest BCUT2D eigenvalue weighted by Crippen LogP contribution is 2.09. The van der Waals surface area contributed by atoms with Crippen molar-refractivity contribution in [3.05, 3.63) is 29.8 Å². The topological polar surface area (TPSA) is 67.2 Å². The number of carbonyl (C=O) groups is 1. The third-order valence-electron chi connectivity index (χ3n) is 2.28. The third-order valence-corrected chi connectivity index (χ3v) is 2.28. The van der Waals surface area contributed by atoms with Crippen LogP contribution in [0.15, 0.2) is 24.3 Å². The number of nitrogens with one attached hydrogen (secondary N) is 2. The number of benzene rings is 1. The van der Waals surface area contributed by atoms with Gasteiger partial charge >= 0.3 is 0 Å². The lowest BCUT2D eigenvalue weighted by molar-refractivity contribution is 0.0943. The molecule has 4 nitrogen and oxygen atoms in total. The molecule has 0 aliphatic carbocycles. The van der Waals surface area contributed by atoms with Crippen molar-refractivity contribution in [2.24, 2.45) is 5.73 Å². The summed E-state index contributed by atoms with van der Waals surface area (Å²) in [7, 11) is 0. The van der Waals surface area contributed by atoms with E-state index in [1.165, 1.54) is 0 Å². The van der Waals surface area contributed by atoms with Gasteiger partial charge in [0.1, 0.15) is 0 Å². The quantitative estimate of drug-likeness (QED) is 0.656. The SMILES string of the molecule is CC(C)NC(=O)c1ccc(NCCCN)cc1. The van der Waals surface area contributed by atoms with Crippen molar-refractivity contribution < 1.29 is 4.79 Å². The molecule has 1 aromatic carbocycles. The van der Waals surface area contributed by atoms with Crippen LogP contribution in [-0.2, 0) is 0 Å². The molecular formula is C13H21N3O. The van der Waals surface area contributed by atoms with E-state index in [0.29, 0.717) is 12.1 Å². The Morgan fingerprint density at radius 2 is 1.94 bits per heavy atom. The Balaban J connectivity index is 2.52. The first kappa shape index (κ1) is 13.5. The minimum absolute atomic E-state index is 0.0338. The highest BCUT2D eigenvalue weighted by atomic mass is 16.1. The second-order valence-corrected chi connectivity index (χ2v) is 4.27. The van der Waals surface area contributed by atoms with Crippen LogP contribution in [-0.4, -0.2) is 25.0 Å². The lowest BCUT2D eigenvalue weighted by Crippen LogP contribution is -2.29. The van der Waals surface area contributed by atoms with Gasteiger partial charge in [0.2, 0.25) is 0 Å². The summed E-state index contributed by atoms with van der Waals surface area (Å²) in [5.74, 6) is -0.0338. The second kappa shape index (κ2) is 6.91. The predicted octanol–water partition coefficient (Wildman–Crippen LogP) is 1.59. The zero-order valence-electron chi connectivity index (χ0n) is 10.5. The molecular weight excluding hydrogens is 214 g/mol. The van der Waals surface area contributed by atoms with Gasteiger partial charge in [-0.25, -0.2) is 0 Å². The van der Waals surface area contributed by atoms with Crippen molar-refractivity contribution in [2.75, 3.05) is 18.4 Å². The van der Waals surface area contributed by atoms with E-state index in [9.17, 15) is 4.79 Å². The Kier molecular flexibility index (Phi) is 5.49. The van der Waals surface area contributed by atoms with Crippen molar-refractivity contribution >= 4 is 11.6 Å². The van der Waals surface area contributed by atoms with Crippen molar-refractivity contribution in [3.63, 3.8) is 0 Å². The summed E-state index contributed by atoms with van der Waals surface area (Å²) < 4.78 is 0. The number of hydrogen-bond acceptors (Lipinski definition) is 3. The van der Waals surface area contributed by atoms with Crippen molar-refractivity contribution in [2.45, 2.75) is 26.3 Å². The molecule has 0 aliphatic heterocycles. The normalized spacial score (nSPS) is 10.4. The minimum atomic E-state index is -0.0338. The lowest BCUT2D eigenvalue weighted by atomic mass is 10.2. The molecule has 1 rings (SSSR count). The molecule has 0 saturated carbocycles. The molecule has 94 valence electrons. The molecule has 0 unspecified atom stereocenters. The summed E-state index contributed by atoms with van der Waals surface area (Å²) in [4.78, 5) is 11.7. The van der Waals surface area contributed by atoms with Crippen LogP contribution in [0.5, 0.6) is 0 Å². The van der Waals surface area contributed by atoms with E-state index < -0.39 is 0 Å². The van der Waals surface area contributed by atoms with Crippen molar-refractivity contribution in [1.82, 2.24) is 5.32 Å². The molecule has 17 heavy (non-hydrogen) atoms. The molecule has 0 radical (unpaired) electrons. The molecule has 1 aromatic rings. The van der Waals surface area contributed by atoms with Gasteiger partial charge in [-0.2, -0.15) is 0 Å².